The minimum Gasteiger partial charge on any atom is -0.310 e. The standard InChI is InChI=1S/C7H5BN2O/c8-5-1-4-2-6(11)10-7(4)9-3-5/h1,3H,2H2,(H,9,10,11). The Morgan fingerprint density at radius 3 is 3.27 bits per heavy atom. The number of anilines is 1. The van der Waals surface area contributed by atoms with Gasteiger partial charge in [-0.1, -0.05) is 11.5 Å². The first kappa shape index (κ1) is 6.40. The molecule has 0 aromatic carbocycles. The highest BCUT2D eigenvalue weighted by Crippen LogP contribution is 2.17. The number of pyridine rings is 1. The average molecular weight is 144 g/mol. The summed E-state index contributed by atoms with van der Waals surface area (Å²) < 4.78 is 0. The van der Waals surface area contributed by atoms with Crippen molar-refractivity contribution in [2.45, 2.75) is 6.42 Å². The number of carbonyl (C=O) groups excluding carboxylic acids is 1. The molecule has 2 rings (SSSR count). The van der Waals surface area contributed by atoms with Crippen molar-refractivity contribution in [3.8, 4) is 0 Å². The maximum absolute atomic E-state index is 10.8. The predicted octanol–water partition coefficient (Wildman–Crippen LogP) is -0.630. The van der Waals surface area contributed by atoms with Gasteiger partial charge in [0.2, 0.25) is 5.91 Å². The molecule has 0 saturated carbocycles. The largest absolute Gasteiger partial charge is 0.310 e. The Morgan fingerprint density at radius 1 is 1.64 bits per heavy atom. The average Bonchev–Trinajstić information content (AvgIpc) is 2.27. The van der Waals surface area contributed by atoms with Crippen LogP contribution in [-0.2, 0) is 11.2 Å². The van der Waals surface area contributed by atoms with Gasteiger partial charge in [0, 0.05) is 11.8 Å². The van der Waals surface area contributed by atoms with Crippen LogP contribution < -0.4 is 10.8 Å². The summed E-state index contributed by atoms with van der Waals surface area (Å²) >= 11 is 0. The lowest BCUT2D eigenvalue weighted by molar-refractivity contribution is -0.115. The van der Waals surface area contributed by atoms with Gasteiger partial charge >= 0.3 is 0 Å². The van der Waals surface area contributed by atoms with Crippen LogP contribution in [0.2, 0.25) is 0 Å². The first-order chi connectivity index (χ1) is 5.25. The lowest BCUT2D eigenvalue weighted by Gasteiger charge is -1.96. The van der Waals surface area contributed by atoms with Crippen LogP contribution in [0.5, 0.6) is 0 Å². The third-order valence-corrected chi connectivity index (χ3v) is 1.60. The molecule has 4 heteroatoms. The fourth-order valence-electron chi connectivity index (χ4n) is 1.13. The Kier molecular flexibility index (Phi) is 1.21. The summed E-state index contributed by atoms with van der Waals surface area (Å²) in [5.74, 6) is 0.627. The molecule has 1 aliphatic rings. The van der Waals surface area contributed by atoms with E-state index in [1.54, 1.807) is 6.07 Å². The molecule has 52 valence electrons. The first-order valence-electron chi connectivity index (χ1n) is 3.30. The summed E-state index contributed by atoms with van der Waals surface area (Å²) in [5.41, 5.74) is 1.48. The number of aromatic nitrogens is 1. The van der Waals surface area contributed by atoms with E-state index in [1.807, 2.05) is 0 Å². The molecule has 0 spiro atoms. The molecule has 2 radical (unpaired) electrons. The van der Waals surface area contributed by atoms with Gasteiger partial charge in [0.25, 0.3) is 0 Å². The number of rotatable bonds is 0. The van der Waals surface area contributed by atoms with Gasteiger partial charge in [0.05, 0.1) is 6.42 Å². The van der Waals surface area contributed by atoms with E-state index in [0.717, 1.165) is 5.56 Å². The molecule has 1 amide bonds. The number of hydrogen-bond donors (Lipinski definition) is 1. The zero-order chi connectivity index (χ0) is 7.84. The topological polar surface area (TPSA) is 42.0 Å². The van der Waals surface area contributed by atoms with Crippen molar-refractivity contribution in [2.75, 3.05) is 5.32 Å². The second-order valence-corrected chi connectivity index (χ2v) is 2.50. The van der Waals surface area contributed by atoms with E-state index in [9.17, 15) is 4.79 Å². The molecule has 0 bridgehead atoms. The maximum Gasteiger partial charge on any atom is 0.230 e. The van der Waals surface area contributed by atoms with Crippen LogP contribution in [0, 0.1) is 0 Å². The Hall–Kier alpha value is -1.32. The number of nitrogens with one attached hydrogen (secondary N) is 1. The Balaban J connectivity index is 2.51. The van der Waals surface area contributed by atoms with Crippen LogP contribution in [0.3, 0.4) is 0 Å². The molecule has 0 atom stereocenters. The third-order valence-electron chi connectivity index (χ3n) is 1.60. The molecule has 1 aromatic heterocycles. The molecule has 2 heterocycles. The Bertz CT molecular complexity index is 324. The molecule has 1 N–H and O–H groups in total. The fraction of sp³-hybridized carbons (Fsp3) is 0.143. The Morgan fingerprint density at radius 2 is 2.45 bits per heavy atom. The molecule has 0 unspecified atom stereocenters. The van der Waals surface area contributed by atoms with Gasteiger partial charge in [0.1, 0.15) is 13.7 Å². The van der Waals surface area contributed by atoms with Crippen LogP contribution in [0.15, 0.2) is 12.3 Å². The van der Waals surface area contributed by atoms with Crippen LogP contribution in [0.4, 0.5) is 5.82 Å². The van der Waals surface area contributed by atoms with Gasteiger partial charge in [-0.15, -0.1) is 0 Å². The quantitative estimate of drug-likeness (QED) is 0.492. The zero-order valence-electron chi connectivity index (χ0n) is 5.79. The molecule has 1 aliphatic heterocycles. The lowest BCUT2D eigenvalue weighted by atomic mass is 9.97. The number of nitrogens with zero attached hydrogens (tertiary/aromatic N) is 1. The van der Waals surface area contributed by atoms with Crippen molar-refractivity contribution in [1.82, 2.24) is 4.98 Å². The SMILES string of the molecule is [B]c1cnc2c(c1)CC(=O)N2. The van der Waals surface area contributed by atoms with Crippen molar-refractivity contribution in [1.29, 1.82) is 0 Å². The van der Waals surface area contributed by atoms with Crippen LogP contribution in [0.1, 0.15) is 5.56 Å². The predicted molar refractivity (Wildman–Crippen MR) is 42.0 cm³/mol. The van der Waals surface area contributed by atoms with Gasteiger partial charge in [-0.05, 0) is 0 Å². The van der Waals surface area contributed by atoms with Gasteiger partial charge < -0.3 is 5.32 Å². The van der Waals surface area contributed by atoms with Crippen molar-refractivity contribution in [2.24, 2.45) is 0 Å². The van der Waals surface area contributed by atoms with Crippen LogP contribution >= 0.6 is 0 Å². The molecular formula is C7H5BN2O. The van der Waals surface area contributed by atoms with Crippen molar-refractivity contribution in [3.05, 3.63) is 17.8 Å². The second-order valence-electron chi connectivity index (χ2n) is 2.50. The number of amides is 1. The highest BCUT2D eigenvalue weighted by molar-refractivity contribution is 6.32. The summed E-state index contributed by atoms with van der Waals surface area (Å²) in [5, 5.41) is 2.62. The highest BCUT2D eigenvalue weighted by Gasteiger charge is 2.17. The van der Waals surface area contributed by atoms with E-state index in [0.29, 0.717) is 17.7 Å². The monoisotopic (exact) mass is 144 g/mol. The summed E-state index contributed by atoms with van der Waals surface area (Å²) in [4.78, 5) is 14.8. The lowest BCUT2D eigenvalue weighted by Crippen LogP contribution is -2.05. The molecular weight excluding hydrogens is 139 g/mol. The van der Waals surface area contributed by atoms with E-state index in [4.69, 9.17) is 7.85 Å². The smallest absolute Gasteiger partial charge is 0.230 e. The van der Waals surface area contributed by atoms with Crippen LogP contribution in [0.25, 0.3) is 0 Å². The molecule has 0 fully saturated rings. The molecule has 11 heavy (non-hydrogen) atoms. The third kappa shape index (κ3) is 1.00. The first-order valence-corrected chi connectivity index (χ1v) is 3.30. The minimum atomic E-state index is -0.0156. The fourth-order valence-corrected chi connectivity index (χ4v) is 1.13. The van der Waals surface area contributed by atoms with Crippen molar-refractivity contribution in [3.63, 3.8) is 0 Å². The molecule has 0 aliphatic carbocycles. The maximum atomic E-state index is 10.8. The summed E-state index contributed by atoms with van der Waals surface area (Å²) in [6, 6.07) is 1.76. The number of fused-ring (bicyclic) bond motifs is 1. The minimum absolute atomic E-state index is 0.0156. The Labute approximate surface area is 65.2 Å². The highest BCUT2D eigenvalue weighted by atomic mass is 16.1. The van der Waals surface area contributed by atoms with E-state index < -0.39 is 0 Å². The van der Waals surface area contributed by atoms with Gasteiger partial charge in [-0.3, -0.25) is 4.79 Å². The van der Waals surface area contributed by atoms with Gasteiger partial charge in [-0.25, -0.2) is 4.98 Å². The number of hydrogen-bond acceptors (Lipinski definition) is 2. The molecule has 1 aromatic rings. The normalized spacial score (nSPS) is 14.4. The zero-order valence-corrected chi connectivity index (χ0v) is 5.79. The van der Waals surface area contributed by atoms with Crippen molar-refractivity contribution >= 4 is 25.0 Å². The van der Waals surface area contributed by atoms with E-state index in [-0.39, 0.29) is 5.91 Å². The van der Waals surface area contributed by atoms with E-state index >= 15 is 0 Å². The van der Waals surface area contributed by atoms with Crippen LogP contribution in [-0.4, -0.2) is 18.7 Å². The number of carbonyl (C=O) groups is 1. The second kappa shape index (κ2) is 2.08. The summed E-state index contributed by atoms with van der Waals surface area (Å²) in [7, 11) is 5.47. The molecule has 3 nitrogen and oxygen atoms in total. The van der Waals surface area contributed by atoms with E-state index in [2.05, 4.69) is 10.3 Å². The van der Waals surface area contributed by atoms with Gasteiger partial charge in [0.15, 0.2) is 0 Å². The molecule has 0 saturated heterocycles. The van der Waals surface area contributed by atoms with Crippen molar-refractivity contribution < 1.29 is 4.79 Å². The van der Waals surface area contributed by atoms with E-state index in [1.165, 1.54) is 6.20 Å². The summed E-state index contributed by atoms with van der Waals surface area (Å²) in [6.45, 7) is 0. The summed E-state index contributed by atoms with van der Waals surface area (Å²) in [6.07, 6.45) is 1.93. The van der Waals surface area contributed by atoms with Gasteiger partial charge in [-0.2, -0.15) is 0 Å².